The Balaban J connectivity index is 3.32. The van der Waals surface area contributed by atoms with Gasteiger partial charge in [0.15, 0.2) is 6.29 Å². The van der Waals surface area contributed by atoms with E-state index in [2.05, 4.69) is 6.58 Å². The summed E-state index contributed by atoms with van der Waals surface area (Å²) in [6.45, 7) is 5.15. The molecule has 0 aromatic rings. The molecular weight excluding hydrogens is 160 g/mol. The molecule has 0 saturated heterocycles. The fraction of sp³-hybridized carbons (Fsp3) is 0.625. The number of hydrogen-bond acceptors (Lipinski definition) is 4. The van der Waals surface area contributed by atoms with Crippen LogP contribution in [0.15, 0.2) is 12.2 Å². The van der Waals surface area contributed by atoms with E-state index < -0.39 is 12.3 Å². The van der Waals surface area contributed by atoms with Gasteiger partial charge in [-0.2, -0.15) is 0 Å². The van der Waals surface area contributed by atoms with Crippen LogP contribution < -0.4 is 0 Å². The van der Waals surface area contributed by atoms with Crippen molar-refractivity contribution in [1.29, 1.82) is 0 Å². The van der Waals surface area contributed by atoms with Crippen molar-refractivity contribution < 1.29 is 19.7 Å². The zero-order valence-electron chi connectivity index (χ0n) is 7.12. The molecule has 0 spiro atoms. The lowest BCUT2D eigenvalue weighted by Crippen LogP contribution is -2.09. The Bertz CT molecular complexity index is 162. The van der Waals surface area contributed by atoms with Crippen molar-refractivity contribution in [3.8, 4) is 0 Å². The van der Waals surface area contributed by atoms with Gasteiger partial charge in [-0.15, -0.1) is 0 Å². The van der Waals surface area contributed by atoms with Crippen LogP contribution in [0, 0.1) is 0 Å². The van der Waals surface area contributed by atoms with E-state index in [-0.39, 0.29) is 13.0 Å². The lowest BCUT2D eigenvalue weighted by molar-refractivity contribution is -0.139. The highest BCUT2D eigenvalue weighted by atomic mass is 16.5. The van der Waals surface area contributed by atoms with Crippen molar-refractivity contribution in [1.82, 2.24) is 0 Å². The van der Waals surface area contributed by atoms with Crippen molar-refractivity contribution in [2.24, 2.45) is 0 Å². The summed E-state index contributed by atoms with van der Waals surface area (Å²) in [6.07, 6.45) is -0.673. The summed E-state index contributed by atoms with van der Waals surface area (Å²) in [4.78, 5) is 10.7. The maximum Gasteiger partial charge on any atom is 0.333 e. The number of aliphatic hydroxyl groups excluding tert-OH is 1. The Morgan fingerprint density at radius 1 is 1.58 bits per heavy atom. The molecule has 0 aliphatic carbocycles. The third-order valence-electron chi connectivity index (χ3n) is 1.19. The van der Waals surface area contributed by atoms with Crippen LogP contribution in [0.2, 0.25) is 0 Å². The summed E-state index contributed by atoms with van der Waals surface area (Å²) < 4.78 is 4.69. The first-order valence-electron chi connectivity index (χ1n) is 3.73. The van der Waals surface area contributed by atoms with Gasteiger partial charge in [-0.25, -0.2) is 4.79 Å². The maximum atomic E-state index is 10.7. The second kappa shape index (κ2) is 5.74. The predicted octanol–water partition coefficient (Wildman–Crippen LogP) is 0.197. The summed E-state index contributed by atoms with van der Waals surface area (Å²) in [7, 11) is 0. The molecule has 0 amide bonds. The van der Waals surface area contributed by atoms with E-state index in [1.807, 2.05) is 0 Å². The number of esters is 1. The number of rotatable bonds is 5. The van der Waals surface area contributed by atoms with Crippen LogP contribution in [0.25, 0.3) is 0 Å². The topological polar surface area (TPSA) is 66.8 Å². The molecule has 2 N–H and O–H groups in total. The standard InChI is InChI=1S/C8H14O4/c1-6(2)8(11)12-5-3-4-7(9)10/h7,9-10H,1,3-5H2,2H3. The van der Waals surface area contributed by atoms with Gasteiger partial charge in [-0.05, 0) is 13.3 Å². The van der Waals surface area contributed by atoms with Gasteiger partial charge in [-0.3, -0.25) is 0 Å². The number of carbonyl (C=O) groups is 1. The number of hydrogen-bond donors (Lipinski definition) is 2. The molecular formula is C8H14O4. The molecule has 0 aliphatic heterocycles. The van der Waals surface area contributed by atoms with Gasteiger partial charge < -0.3 is 14.9 Å². The van der Waals surface area contributed by atoms with Crippen LogP contribution in [0.3, 0.4) is 0 Å². The Labute approximate surface area is 71.5 Å². The van der Waals surface area contributed by atoms with Gasteiger partial charge in [0.25, 0.3) is 0 Å². The molecule has 0 unspecified atom stereocenters. The predicted molar refractivity (Wildman–Crippen MR) is 43.2 cm³/mol. The minimum Gasteiger partial charge on any atom is -0.462 e. The van der Waals surface area contributed by atoms with Gasteiger partial charge in [0.1, 0.15) is 0 Å². The van der Waals surface area contributed by atoms with Gasteiger partial charge in [0, 0.05) is 12.0 Å². The molecule has 12 heavy (non-hydrogen) atoms. The quantitative estimate of drug-likeness (QED) is 0.270. The van der Waals surface area contributed by atoms with Crippen molar-refractivity contribution in [3.63, 3.8) is 0 Å². The molecule has 4 heteroatoms. The highest BCUT2D eigenvalue weighted by Crippen LogP contribution is 1.97. The molecule has 0 heterocycles. The zero-order valence-corrected chi connectivity index (χ0v) is 7.12. The third kappa shape index (κ3) is 5.88. The van der Waals surface area contributed by atoms with E-state index in [1.165, 1.54) is 0 Å². The Kier molecular flexibility index (Phi) is 5.32. The monoisotopic (exact) mass is 174 g/mol. The van der Waals surface area contributed by atoms with Crippen molar-refractivity contribution >= 4 is 5.97 Å². The smallest absolute Gasteiger partial charge is 0.333 e. The van der Waals surface area contributed by atoms with Gasteiger partial charge in [0.2, 0.25) is 0 Å². The molecule has 0 aliphatic rings. The average Bonchev–Trinajstić information content (AvgIpc) is 1.97. The molecule has 4 nitrogen and oxygen atoms in total. The number of aliphatic hydroxyl groups is 2. The van der Waals surface area contributed by atoms with E-state index in [0.717, 1.165) is 0 Å². The van der Waals surface area contributed by atoms with Gasteiger partial charge >= 0.3 is 5.97 Å². The third-order valence-corrected chi connectivity index (χ3v) is 1.19. The molecule has 0 bridgehead atoms. The summed E-state index contributed by atoms with van der Waals surface area (Å²) >= 11 is 0. The summed E-state index contributed by atoms with van der Waals surface area (Å²) in [5.41, 5.74) is 0.347. The first kappa shape index (κ1) is 11.1. The Morgan fingerprint density at radius 3 is 2.58 bits per heavy atom. The number of ether oxygens (including phenoxy) is 1. The van der Waals surface area contributed by atoms with Crippen LogP contribution in [0.5, 0.6) is 0 Å². The minimum atomic E-state index is -1.33. The molecule has 0 aromatic heterocycles. The van der Waals surface area contributed by atoms with Crippen molar-refractivity contribution in [2.45, 2.75) is 26.1 Å². The fourth-order valence-electron chi connectivity index (χ4n) is 0.554. The van der Waals surface area contributed by atoms with Crippen LogP contribution in [0.4, 0.5) is 0 Å². The van der Waals surface area contributed by atoms with Gasteiger partial charge in [-0.1, -0.05) is 6.58 Å². The lowest BCUT2D eigenvalue weighted by atomic mass is 10.3. The molecule has 0 saturated carbocycles. The van der Waals surface area contributed by atoms with E-state index in [4.69, 9.17) is 14.9 Å². The van der Waals surface area contributed by atoms with Crippen LogP contribution in [0.1, 0.15) is 19.8 Å². The highest BCUT2D eigenvalue weighted by Gasteiger charge is 2.03. The van der Waals surface area contributed by atoms with E-state index in [1.54, 1.807) is 6.92 Å². The molecule has 0 radical (unpaired) electrons. The Hall–Kier alpha value is -0.870. The van der Waals surface area contributed by atoms with Crippen LogP contribution in [-0.4, -0.2) is 29.1 Å². The molecule has 0 fully saturated rings. The van der Waals surface area contributed by atoms with Crippen molar-refractivity contribution in [2.75, 3.05) is 6.61 Å². The lowest BCUT2D eigenvalue weighted by Gasteiger charge is -2.04. The van der Waals surface area contributed by atoms with E-state index >= 15 is 0 Å². The second-order valence-electron chi connectivity index (χ2n) is 2.54. The van der Waals surface area contributed by atoms with E-state index in [9.17, 15) is 4.79 Å². The van der Waals surface area contributed by atoms with Crippen LogP contribution in [-0.2, 0) is 9.53 Å². The largest absolute Gasteiger partial charge is 0.462 e. The second-order valence-corrected chi connectivity index (χ2v) is 2.54. The van der Waals surface area contributed by atoms with Crippen molar-refractivity contribution in [3.05, 3.63) is 12.2 Å². The fourth-order valence-corrected chi connectivity index (χ4v) is 0.554. The summed E-state index contributed by atoms with van der Waals surface area (Å²) in [6, 6.07) is 0. The highest BCUT2D eigenvalue weighted by molar-refractivity contribution is 5.86. The van der Waals surface area contributed by atoms with Crippen LogP contribution >= 0.6 is 0 Å². The number of carbonyl (C=O) groups excluding carboxylic acids is 1. The molecule has 0 atom stereocenters. The molecule has 0 rings (SSSR count). The van der Waals surface area contributed by atoms with E-state index in [0.29, 0.717) is 12.0 Å². The Morgan fingerprint density at radius 2 is 2.17 bits per heavy atom. The normalized spacial score (nSPS) is 10.0. The zero-order chi connectivity index (χ0) is 9.56. The SMILES string of the molecule is C=C(C)C(=O)OCCCC(O)O. The average molecular weight is 174 g/mol. The summed E-state index contributed by atoms with van der Waals surface area (Å²) in [5.74, 6) is -0.442. The first-order chi connectivity index (χ1) is 5.54. The molecule has 70 valence electrons. The first-order valence-corrected chi connectivity index (χ1v) is 3.73. The summed E-state index contributed by atoms with van der Waals surface area (Å²) in [5, 5.41) is 16.8. The molecule has 0 aromatic carbocycles. The van der Waals surface area contributed by atoms with Gasteiger partial charge in [0.05, 0.1) is 6.61 Å². The maximum absolute atomic E-state index is 10.7. The minimum absolute atomic E-state index is 0.198.